The van der Waals surface area contributed by atoms with Crippen LogP contribution in [0.5, 0.6) is 0 Å². The van der Waals surface area contributed by atoms with Gasteiger partial charge in [0.2, 0.25) is 0 Å². The van der Waals surface area contributed by atoms with E-state index >= 15 is 0 Å². The Morgan fingerprint density at radius 1 is 1.30 bits per heavy atom. The molecule has 0 aromatic heterocycles. The van der Waals surface area contributed by atoms with E-state index in [4.69, 9.17) is 5.11 Å². The van der Waals surface area contributed by atoms with Gasteiger partial charge in [-0.05, 0) is 44.0 Å². The van der Waals surface area contributed by atoms with E-state index in [0.717, 1.165) is 25.7 Å². The van der Waals surface area contributed by atoms with Gasteiger partial charge in [-0.3, -0.25) is 0 Å². The molecule has 23 heavy (non-hydrogen) atoms. The molecule has 0 heterocycles. The van der Waals surface area contributed by atoms with E-state index < -0.39 is 9.84 Å². The number of amides is 2. The van der Waals surface area contributed by atoms with Crippen LogP contribution in [-0.2, 0) is 9.84 Å². The van der Waals surface area contributed by atoms with Crippen molar-refractivity contribution in [3.63, 3.8) is 0 Å². The first-order chi connectivity index (χ1) is 10.9. The average Bonchev–Trinajstić information content (AvgIpc) is 3.09. The summed E-state index contributed by atoms with van der Waals surface area (Å²) < 4.78 is 25.0. The molecule has 1 aromatic carbocycles. The van der Waals surface area contributed by atoms with Crippen LogP contribution in [0.1, 0.15) is 32.6 Å². The fourth-order valence-corrected chi connectivity index (χ4v) is 4.51. The normalized spacial score (nSPS) is 17.0. The fourth-order valence-electron chi connectivity index (χ4n) is 2.65. The lowest BCUT2D eigenvalue weighted by Gasteiger charge is -2.23. The highest BCUT2D eigenvalue weighted by atomic mass is 32.2. The smallest absolute Gasteiger partial charge is 0.321 e. The predicted octanol–water partition coefficient (Wildman–Crippen LogP) is 2.25. The molecule has 1 unspecified atom stereocenters. The van der Waals surface area contributed by atoms with Crippen molar-refractivity contribution >= 4 is 21.6 Å². The van der Waals surface area contributed by atoms with Crippen molar-refractivity contribution in [2.45, 2.75) is 48.8 Å². The van der Waals surface area contributed by atoms with Crippen molar-refractivity contribution in [1.82, 2.24) is 4.90 Å². The molecule has 0 aliphatic heterocycles. The number of benzene rings is 1. The van der Waals surface area contributed by atoms with E-state index in [1.54, 1.807) is 38.2 Å². The quantitative estimate of drug-likeness (QED) is 0.861. The Balaban J connectivity index is 2.06. The van der Waals surface area contributed by atoms with E-state index in [9.17, 15) is 13.2 Å². The number of anilines is 1. The van der Waals surface area contributed by atoms with E-state index in [0.29, 0.717) is 10.6 Å². The number of hydrogen-bond donors (Lipinski definition) is 2. The molecule has 1 aliphatic rings. The first kappa shape index (κ1) is 17.7. The van der Waals surface area contributed by atoms with Crippen LogP contribution in [0.25, 0.3) is 0 Å². The molecule has 1 atom stereocenters. The Bertz CT molecular complexity index is 637. The number of aliphatic hydroxyl groups excluding tert-OH is 1. The third kappa shape index (κ3) is 4.03. The molecule has 6 nitrogen and oxygen atoms in total. The van der Waals surface area contributed by atoms with Gasteiger partial charge in [-0.2, -0.15) is 0 Å². The van der Waals surface area contributed by atoms with Gasteiger partial charge in [-0.15, -0.1) is 0 Å². The number of nitrogens with one attached hydrogen (secondary N) is 1. The zero-order valence-corrected chi connectivity index (χ0v) is 14.3. The topological polar surface area (TPSA) is 86.7 Å². The van der Waals surface area contributed by atoms with Gasteiger partial charge in [0.1, 0.15) is 0 Å². The summed E-state index contributed by atoms with van der Waals surface area (Å²) in [5, 5.41) is 11.5. The van der Waals surface area contributed by atoms with Gasteiger partial charge in [0.15, 0.2) is 9.84 Å². The van der Waals surface area contributed by atoms with Crippen molar-refractivity contribution in [3.05, 3.63) is 24.3 Å². The second-order valence-electron chi connectivity index (χ2n) is 6.05. The minimum Gasteiger partial charge on any atom is -0.394 e. The zero-order valence-electron chi connectivity index (χ0n) is 13.5. The van der Waals surface area contributed by atoms with Gasteiger partial charge in [-0.1, -0.05) is 12.8 Å². The first-order valence-corrected chi connectivity index (χ1v) is 9.39. The SMILES string of the molecule is CC(CO)N(C)C(=O)Nc1ccc(S(=O)(=O)C2CCCC2)cc1. The number of hydrogen-bond acceptors (Lipinski definition) is 4. The second-order valence-corrected chi connectivity index (χ2v) is 8.28. The molecule has 0 saturated heterocycles. The summed E-state index contributed by atoms with van der Waals surface area (Å²) in [7, 11) is -1.68. The minimum absolute atomic E-state index is 0.123. The fraction of sp³-hybridized carbons (Fsp3) is 0.562. The number of urea groups is 1. The van der Waals surface area contributed by atoms with Gasteiger partial charge in [0.25, 0.3) is 0 Å². The maximum Gasteiger partial charge on any atom is 0.321 e. The maximum absolute atomic E-state index is 12.5. The van der Waals surface area contributed by atoms with E-state index in [1.165, 1.54) is 4.90 Å². The molecule has 1 fully saturated rings. The molecule has 0 radical (unpaired) electrons. The largest absolute Gasteiger partial charge is 0.394 e. The Morgan fingerprint density at radius 2 is 1.87 bits per heavy atom. The minimum atomic E-state index is -3.27. The van der Waals surface area contributed by atoms with Gasteiger partial charge >= 0.3 is 6.03 Å². The molecule has 2 N–H and O–H groups in total. The number of nitrogens with zero attached hydrogens (tertiary/aromatic N) is 1. The lowest BCUT2D eigenvalue weighted by atomic mass is 10.3. The third-order valence-corrected chi connectivity index (χ3v) is 6.70. The molecule has 1 aliphatic carbocycles. The standard InChI is InChI=1S/C16H24N2O4S/c1-12(11-19)18(2)16(20)17-13-7-9-15(10-8-13)23(21,22)14-5-3-4-6-14/h7-10,12,14,19H,3-6,11H2,1-2H3,(H,17,20). The van der Waals surface area contributed by atoms with Crippen LogP contribution in [-0.4, -0.2) is 49.4 Å². The summed E-state index contributed by atoms with van der Waals surface area (Å²) in [6, 6.07) is 5.63. The molecular formula is C16H24N2O4S. The van der Waals surface area contributed by atoms with Gasteiger partial charge < -0.3 is 15.3 Å². The molecule has 1 saturated carbocycles. The van der Waals surface area contributed by atoms with Crippen LogP contribution in [0.2, 0.25) is 0 Å². The summed E-state index contributed by atoms with van der Waals surface area (Å²) in [6.45, 7) is 1.61. The Morgan fingerprint density at radius 3 is 2.39 bits per heavy atom. The summed E-state index contributed by atoms with van der Waals surface area (Å²) >= 11 is 0. The van der Waals surface area contributed by atoms with Crippen molar-refractivity contribution in [2.75, 3.05) is 19.0 Å². The highest BCUT2D eigenvalue weighted by Gasteiger charge is 2.30. The number of carbonyl (C=O) groups excluding carboxylic acids is 1. The highest BCUT2D eigenvalue weighted by Crippen LogP contribution is 2.30. The zero-order chi connectivity index (χ0) is 17.0. The highest BCUT2D eigenvalue weighted by molar-refractivity contribution is 7.92. The van der Waals surface area contributed by atoms with Gasteiger partial charge in [0.05, 0.1) is 22.8 Å². The Labute approximate surface area is 137 Å². The number of rotatable bonds is 5. The number of carbonyl (C=O) groups is 1. The summed E-state index contributed by atoms with van der Waals surface area (Å²) in [5.41, 5.74) is 0.525. The molecule has 128 valence electrons. The summed E-state index contributed by atoms with van der Waals surface area (Å²) in [4.78, 5) is 13.7. The summed E-state index contributed by atoms with van der Waals surface area (Å²) in [6.07, 6.45) is 3.39. The van der Waals surface area contributed by atoms with Crippen LogP contribution in [0.4, 0.5) is 10.5 Å². The van der Waals surface area contributed by atoms with Gasteiger partial charge in [-0.25, -0.2) is 13.2 Å². The Kier molecular flexibility index (Phi) is 5.64. The molecule has 7 heteroatoms. The molecule has 0 spiro atoms. The predicted molar refractivity (Wildman–Crippen MR) is 89.2 cm³/mol. The van der Waals surface area contributed by atoms with E-state index in [-0.39, 0.29) is 23.9 Å². The lowest BCUT2D eigenvalue weighted by Crippen LogP contribution is -2.40. The van der Waals surface area contributed by atoms with Crippen LogP contribution >= 0.6 is 0 Å². The van der Waals surface area contributed by atoms with Gasteiger partial charge in [0, 0.05) is 12.7 Å². The molecule has 2 amide bonds. The number of sulfone groups is 1. The lowest BCUT2D eigenvalue weighted by molar-refractivity contribution is 0.166. The monoisotopic (exact) mass is 340 g/mol. The molecule has 1 aromatic rings. The van der Waals surface area contributed by atoms with Crippen LogP contribution in [0.3, 0.4) is 0 Å². The van der Waals surface area contributed by atoms with Crippen molar-refractivity contribution in [1.29, 1.82) is 0 Å². The van der Waals surface area contributed by atoms with Crippen molar-refractivity contribution < 1.29 is 18.3 Å². The summed E-state index contributed by atoms with van der Waals surface area (Å²) in [5.74, 6) is 0. The number of likely N-dealkylation sites (N-methyl/N-ethyl adjacent to an activating group) is 1. The molecular weight excluding hydrogens is 316 g/mol. The Hall–Kier alpha value is -1.60. The second kappa shape index (κ2) is 7.31. The van der Waals surface area contributed by atoms with Crippen molar-refractivity contribution in [2.24, 2.45) is 0 Å². The maximum atomic E-state index is 12.5. The van der Waals surface area contributed by atoms with Crippen molar-refractivity contribution in [3.8, 4) is 0 Å². The average molecular weight is 340 g/mol. The van der Waals surface area contributed by atoms with Crippen LogP contribution in [0.15, 0.2) is 29.2 Å². The van der Waals surface area contributed by atoms with Crippen LogP contribution in [0, 0.1) is 0 Å². The van der Waals surface area contributed by atoms with E-state index in [2.05, 4.69) is 5.32 Å². The third-order valence-electron chi connectivity index (χ3n) is 4.42. The van der Waals surface area contributed by atoms with E-state index in [1.807, 2.05) is 0 Å². The molecule has 2 rings (SSSR count). The first-order valence-electron chi connectivity index (χ1n) is 7.85. The van der Waals surface area contributed by atoms with Crippen LogP contribution < -0.4 is 5.32 Å². The molecule has 0 bridgehead atoms. The number of aliphatic hydroxyl groups is 1.